The van der Waals surface area contributed by atoms with Gasteiger partial charge in [0.05, 0.1) is 7.11 Å². The van der Waals surface area contributed by atoms with Gasteiger partial charge in [-0.05, 0) is 59.9 Å². The number of likely N-dealkylation sites (tertiary alicyclic amines) is 1. The first-order chi connectivity index (χ1) is 14.6. The van der Waals surface area contributed by atoms with Gasteiger partial charge in [-0.25, -0.2) is 4.39 Å². The van der Waals surface area contributed by atoms with Crippen molar-refractivity contribution in [1.29, 1.82) is 0 Å². The van der Waals surface area contributed by atoms with Crippen LogP contribution in [0.25, 0.3) is 0 Å². The highest BCUT2D eigenvalue weighted by Crippen LogP contribution is 2.21. The molecule has 1 aromatic heterocycles. The number of piperidine rings is 1. The standard InChI is InChI=1S/C23H33FN4OS/c1-4-25-23(26-14-17(2)19-9-12-30-16-19)27-20-7-10-28(11-8-20)15-18-5-6-22(29-3)21(24)13-18/h5-6,9,12-13,16-17,20H,4,7-8,10-11,14-15H2,1-3H3,(H2,25,26,27). The number of hydrogen-bond acceptors (Lipinski definition) is 4. The largest absolute Gasteiger partial charge is 0.494 e. The van der Waals surface area contributed by atoms with Crippen molar-refractivity contribution >= 4 is 17.3 Å². The molecule has 30 heavy (non-hydrogen) atoms. The Morgan fingerprint density at radius 1 is 1.33 bits per heavy atom. The maximum absolute atomic E-state index is 13.9. The minimum atomic E-state index is -0.297. The van der Waals surface area contributed by atoms with Gasteiger partial charge < -0.3 is 15.4 Å². The molecule has 1 aliphatic rings. The highest BCUT2D eigenvalue weighted by atomic mass is 32.1. The van der Waals surface area contributed by atoms with Crippen LogP contribution in [0.5, 0.6) is 5.75 Å². The second-order valence-corrected chi connectivity index (χ2v) is 8.62. The van der Waals surface area contributed by atoms with Crippen molar-refractivity contribution in [2.75, 3.05) is 33.3 Å². The first kappa shape index (κ1) is 22.6. The molecule has 0 saturated carbocycles. The number of guanidine groups is 1. The molecular weight excluding hydrogens is 399 g/mol. The fraction of sp³-hybridized carbons (Fsp3) is 0.522. The fourth-order valence-corrected chi connectivity index (χ4v) is 4.49. The van der Waals surface area contributed by atoms with Gasteiger partial charge in [0, 0.05) is 44.7 Å². The summed E-state index contributed by atoms with van der Waals surface area (Å²) in [5.41, 5.74) is 2.33. The van der Waals surface area contributed by atoms with Crippen LogP contribution in [0.3, 0.4) is 0 Å². The van der Waals surface area contributed by atoms with E-state index in [0.717, 1.165) is 57.1 Å². The Morgan fingerprint density at radius 2 is 2.13 bits per heavy atom. The zero-order chi connectivity index (χ0) is 21.3. The number of thiophene rings is 1. The van der Waals surface area contributed by atoms with Crippen LogP contribution in [-0.4, -0.2) is 50.2 Å². The highest BCUT2D eigenvalue weighted by molar-refractivity contribution is 7.07. The molecule has 0 bridgehead atoms. The van der Waals surface area contributed by atoms with E-state index in [0.29, 0.717) is 17.7 Å². The number of nitrogens with one attached hydrogen (secondary N) is 2. The van der Waals surface area contributed by atoms with Gasteiger partial charge in [-0.1, -0.05) is 13.0 Å². The van der Waals surface area contributed by atoms with E-state index in [1.807, 2.05) is 6.07 Å². The number of halogens is 1. The van der Waals surface area contributed by atoms with Crippen LogP contribution in [0.1, 0.15) is 43.7 Å². The van der Waals surface area contributed by atoms with E-state index in [2.05, 4.69) is 46.2 Å². The van der Waals surface area contributed by atoms with Crippen LogP contribution >= 0.6 is 11.3 Å². The molecule has 0 amide bonds. The van der Waals surface area contributed by atoms with E-state index in [9.17, 15) is 4.39 Å². The number of hydrogen-bond donors (Lipinski definition) is 2. The van der Waals surface area contributed by atoms with Crippen molar-refractivity contribution in [3.8, 4) is 5.75 Å². The Labute approximate surface area is 183 Å². The van der Waals surface area contributed by atoms with Crippen LogP contribution < -0.4 is 15.4 Å². The van der Waals surface area contributed by atoms with Crippen LogP contribution in [0.4, 0.5) is 4.39 Å². The molecule has 0 radical (unpaired) electrons. The molecule has 1 fully saturated rings. The van der Waals surface area contributed by atoms with Crippen molar-refractivity contribution in [2.24, 2.45) is 4.99 Å². The molecule has 1 aromatic carbocycles. The van der Waals surface area contributed by atoms with Gasteiger partial charge in [-0.3, -0.25) is 9.89 Å². The molecule has 2 aromatic rings. The first-order valence-electron chi connectivity index (χ1n) is 10.7. The summed E-state index contributed by atoms with van der Waals surface area (Å²) >= 11 is 1.73. The molecule has 3 rings (SSSR count). The predicted octanol–water partition coefficient (Wildman–Crippen LogP) is 4.22. The van der Waals surface area contributed by atoms with Gasteiger partial charge in [0.25, 0.3) is 0 Å². The van der Waals surface area contributed by atoms with E-state index in [4.69, 9.17) is 9.73 Å². The lowest BCUT2D eigenvalue weighted by molar-refractivity contribution is 0.198. The number of ether oxygens (including phenoxy) is 1. The summed E-state index contributed by atoms with van der Waals surface area (Å²) in [6.45, 7) is 8.66. The minimum Gasteiger partial charge on any atom is -0.494 e. The quantitative estimate of drug-likeness (QED) is 0.484. The molecule has 0 spiro atoms. The van der Waals surface area contributed by atoms with Crippen LogP contribution in [0.15, 0.2) is 40.0 Å². The molecule has 2 N–H and O–H groups in total. The molecular formula is C23H33FN4OS. The van der Waals surface area contributed by atoms with Gasteiger partial charge in [-0.15, -0.1) is 0 Å². The van der Waals surface area contributed by atoms with Crippen LogP contribution in [0, 0.1) is 5.82 Å². The zero-order valence-electron chi connectivity index (χ0n) is 18.2. The monoisotopic (exact) mass is 432 g/mol. The van der Waals surface area contributed by atoms with E-state index in [1.54, 1.807) is 23.5 Å². The average molecular weight is 433 g/mol. The minimum absolute atomic E-state index is 0.296. The number of benzene rings is 1. The Morgan fingerprint density at radius 3 is 2.77 bits per heavy atom. The molecule has 164 valence electrons. The summed E-state index contributed by atoms with van der Waals surface area (Å²) in [6.07, 6.45) is 2.09. The lowest BCUT2D eigenvalue weighted by Gasteiger charge is -2.33. The normalized spacial score (nSPS) is 17.0. The maximum Gasteiger partial charge on any atom is 0.191 e. The fourth-order valence-electron chi connectivity index (χ4n) is 3.70. The summed E-state index contributed by atoms with van der Waals surface area (Å²) in [6, 6.07) is 7.80. The van der Waals surface area contributed by atoms with Gasteiger partial charge in [0.2, 0.25) is 0 Å². The Kier molecular flexibility index (Phi) is 8.51. The second kappa shape index (κ2) is 11.3. The Hall–Kier alpha value is -2.12. The van der Waals surface area contributed by atoms with Crippen LogP contribution in [0.2, 0.25) is 0 Å². The number of aliphatic imine (C=N–C) groups is 1. The highest BCUT2D eigenvalue weighted by Gasteiger charge is 2.20. The van der Waals surface area contributed by atoms with E-state index in [1.165, 1.54) is 12.7 Å². The molecule has 1 saturated heterocycles. The Bertz CT molecular complexity index is 804. The van der Waals surface area contributed by atoms with E-state index >= 15 is 0 Å². The Balaban J connectivity index is 1.48. The van der Waals surface area contributed by atoms with Crippen molar-refractivity contribution in [1.82, 2.24) is 15.5 Å². The number of nitrogens with zero attached hydrogens (tertiary/aromatic N) is 2. The molecule has 7 heteroatoms. The van der Waals surface area contributed by atoms with Gasteiger partial charge in [0.15, 0.2) is 17.5 Å². The predicted molar refractivity (Wildman–Crippen MR) is 123 cm³/mol. The smallest absolute Gasteiger partial charge is 0.191 e. The average Bonchev–Trinajstić information content (AvgIpc) is 3.28. The topological polar surface area (TPSA) is 48.9 Å². The molecule has 1 atom stereocenters. The van der Waals surface area contributed by atoms with Crippen molar-refractivity contribution in [3.63, 3.8) is 0 Å². The summed E-state index contributed by atoms with van der Waals surface area (Å²) < 4.78 is 18.9. The van der Waals surface area contributed by atoms with Gasteiger partial charge in [0.1, 0.15) is 0 Å². The molecule has 5 nitrogen and oxygen atoms in total. The first-order valence-corrected chi connectivity index (χ1v) is 11.6. The van der Waals surface area contributed by atoms with E-state index < -0.39 is 0 Å². The summed E-state index contributed by atoms with van der Waals surface area (Å²) in [5.74, 6) is 1.31. The van der Waals surface area contributed by atoms with Crippen molar-refractivity contribution in [2.45, 2.75) is 45.2 Å². The third-order valence-corrected chi connectivity index (χ3v) is 6.23. The summed E-state index contributed by atoms with van der Waals surface area (Å²) in [5, 5.41) is 11.3. The van der Waals surface area contributed by atoms with E-state index in [-0.39, 0.29) is 5.82 Å². The van der Waals surface area contributed by atoms with Crippen molar-refractivity contribution < 1.29 is 9.13 Å². The third kappa shape index (κ3) is 6.44. The molecule has 2 heterocycles. The number of rotatable bonds is 8. The van der Waals surface area contributed by atoms with Gasteiger partial charge >= 0.3 is 0 Å². The summed E-state index contributed by atoms with van der Waals surface area (Å²) in [4.78, 5) is 7.19. The lowest BCUT2D eigenvalue weighted by atomic mass is 10.0. The van der Waals surface area contributed by atoms with Crippen LogP contribution in [-0.2, 0) is 6.54 Å². The lowest BCUT2D eigenvalue weighted by Crippen LogP contribution is -2.48. The summed E-state index contributed by atoms with van der Waals surface area (Å²) in [7, 11) is 1.49. The SMILES string of the molecule is CCNC(=NCC(C)c1ccsc1)NC1CCN(Cc2ccc(OC)c(F)c2)CC1. The van der Waals surface area contributed by atoms with Crippen molar-refractivity contribution in [3.05, 3.63) is 52.0 Å². The molecule has 1 unspecified atom stereocenters. The molecule has 0 aliphatic carbocycles. The third-order valence-electron chi connectivity index (χ3n) is 5.53. The molecule has 1 aliphatic heterocycles. The maximum atomic E-state index is 13.9. The second-order valence-electron chi connectivity index (χ2n) is 7.84. The number of methoxy groups -OCH3 is 1. The van der Waals surface area contributed by atoms with Gasteiger partial charge in [-0.2, -0.15) is 11.3 Å². The zero-order valence-corrected chi connectivity index (χ0v) is 19.0.